The Morgan fingerprint density at radius 1 is 1.14 bits per heavy atom. The number of amides is 2. The summed E-state index contributed by atoms with van der Waals surface area (Å²) in [5, 5.41) is 2.95. The fraction of sp³-hybridized carbons (Fsp3) is 0.556. The van der Waals surface area contributed by atoms with Gasteiger partial charge in [-0.05, 0) is 30.4 Å². The largest absolute Gasteiger partial charge is 0.343 e. The van der Waals surface area contributed by atoms with Crippen LogP contribution in [0, 0.1) is 11.3 Å². The molecule has 2 amide bonds. The van der Waals surface area contributed by atoms with Crippen molar-refractivity contribution in [1.82, 2.24) is 4.90 Å². The van der Waals surface area contributed by atoms with E-state index in [0.29, 0.717) is 19.5 Å². The highest BCUT2D eigenvalue weighted by molar-refractivity contribution is 5.92. The van der Waals surface area contributed by atoms with Gasteiger partial charge in [0.05, 0.1) is 0 Å². The molecule has 4 heteroatoms. The van der Waals surface area contributed by atoms with Gasteiger partial charge in [0.2, 0.25) is 11.8 Å². The van der Waals surface area contributed by atoms with Gasteiger partial charge in [0.1, 0.15) is 0 Å². The molecule has 1 fully saturated rings. The van der Waals surface area contributed by atoms with E-state index < -0.39 is 0 Å². The Morgan fingerprint density at radius 3 is 2.27 bits per heavy atom. The number of rotatable bonds is 3. The van der Waals surface area contributed by atoms with Gasteiger partial charge < -0.3 is 10.2 Å². The van der Waals surface area contributed by atoms with E-state index in [9.17, 15) is 9.59 Å². The summed E-state index contributed by atoms with van der Waals surface area (Å²) in [6.07, 6.45) is 2.05. The van der Waals surface area contributed by atoms with Crippen molar-refractivity contribution >= 4 is 17.5 Å². The van der Waals surface area contributed by atoms with E-state index in [1.54, 1.807) is 0 Å². The van der Waals surface area contributed by atoms with Crippen LogP contribution in [0.2, 0.25) is 0 Å². The normalized spacial score (nSPS) is 16.4. The Labute approximate surface area is 132 Å². The molecular weight excluding hydrogens is 276 g/mol. The minimum absolute atomic E-state index is 0.00103. The van der Waals surface area contributed by atoms with Crippen LogP contribution in [0.15, 0.2) is 30.3 Å². The number of anilines is 1. The number of carbonyl (C=O) groups excluding carboxylic acids is 2. The molecule has 0 radical (unpaired) electrons. The summed E-state index contributed by atoms with van der Waals surface area (Å²) < 4.78 is 0. The number of nitrogens with zero attached hydrogens (tertiary/aromatic N) is 1. The molecule has 0 spiro atoms. The summed E-state index contributed by atoms with van der Waals surface area (Å²) >= 11 is 0. The molecule has 1 aromatic carbocycles. The summed E-state index contributed by atoms with van der Waals surface area (Å²) in [5.74, 6) is 0.266. The topological polar surface area (TPSA) is 49.4 Å². The van der Waals surface area contributed by atoms with Crippen LogP contribution in [-0.4, -0.2) is 29.8 Å². The Kier molecular flexibility index (Phi) is 5.22. The summed E-state index contributed by atoms with van der Waals surface area (Å²) in [6.45, 7) is 7.59. The second-order valence-corrected chi connectivity index (χ2v) is 7.25. The highest BCUT2D eigenvalue weighted by Gasteiger charge is 2.28. The van der Waals surface area contributed by atoms with E-state index >= 15 is 0 Å². The number of nitrogens with one attached hydrogen (secondary N) is 1. The average molecular weight is 302 g/mol. The lowest BCUT2D eigenvalue weighted by atomic mass is 9.90. The van der Waals surface area contributed by atoms with E-state index in [1.165, 1.54) is 0 Å². The number of piperidine rings is 1. The molecule has 1 saturated heterocycles. The summed E-state index contributed by atoms with van der Waals surface area (Å²) in [7, 11) is 0. The van der Waals surface area contributed by atoms with Gasteiger partial charge >= 0.3 is 0 Å². The second-order valence-electron chi connectivity index (χ2n) is 7.25. The van der Waals surface area contributed by atoms with Crippen LogP contribution < -0.4 is 5.32 Å². The van der Waals surface area contributed by atoms with E-state index in [2.05, 4.69) is 26.1 Å². The van der Waals surface area contributed by atoms with E-state index in [-0.39, 0.29) is 23.1 Å². The Morgan fingerprint density at radius 2 is 1.73 bits per heavy atom. The van der Waals surface area contributed by atoms with Crippen LogP contribution in [0.5, 0.6) is 0 Å². The predicted octanol–water partition coefficient (Wildman–Crippen LogP) is 3.30. The quantitative estimate of drug-likeness (QED) is 0.931. The van der Waals surface area contributed by atoms with Crippen molar-refractivity contribution < 1.29 is 9.59 Å². The third kappa shape index (κ3) is 4.86. The smallest absolute Gasteiger partial charge is 0.227 e. The Bertz CT molecular complexity index is 512. The molecule has 0 aliphatic carbocycles. The van der Waals surface area contributed by atoms with Gasteiger partial charge in [-0.3, -0.25) is 9.59 Å². The van der Waals surface area contributed by atoms with Crippen LogP contribution in [0.25, 0.3) is 0 Å². The minimum atomic E-state index is -0.00103. The molecule has 1 aliphatic heterocycles. The zero-order valence-corrected chi connectivity index (χ0v) is 13.8. The number of para-hydroxylation sites is 1. The van der Waals surface area contributed by atoms with Gasteiger partial charge in [0, 0.05) is 31.1 Å². The number of likely N-dealkylation sites (tertiary alicyclic amines) is 1. The fourth-order valence-corrected chi connectivity index (χ4v) is 2.72. The lowest BCUT2D eigenvalue weighted by molar-refractivity contribution is -0.136. The first kappa shape index (κ1) is 16.5. The lowest BCUT2D eigenvalue weighted by Gasteiger charge is -2.33. The van der Waals surface area contributed by atoms with Gasteiger partial charge in [0.15, 0.2) is 0 Å². The standard InChI is InChI=1S/C18H26N2O2/c1-18(2,3)13-16(21)20-11-9-14(10-12-20)17(22)19-15-7-5-4-6-8-15/h4-8,14H,9-13H2,1-3H3,(H,19,22). The maximum atomic E-state index is 12.3. The molecule has 4 nitrogen and oxygen atoms in total. The first-order valence-electron chi connectivity index (χ1n) is 7.99. The molecule has 1 aliphatic rings. The highest BCUT2D eigenvalue weighted by atomic mass is 16.2. The van der Waals surface area contributed by atoms with Gasteiger partial charge in [-0.1, -0.05) is 39.0 Å². The third-order valence-corrected chi connectivity index (χ3v) is 3.94. The molecule has 1 N–H and O–H groups in total. The first-order chi connectivity index (χ1) is 10.3. The maximum Gasteiger partial charge on any atom is 0.227 e. The number of hydrogen-bond acceptors (Lipinski definition) is 2. The fourth-order valence-electron chi connectivity index (χ4n) is 2.72. The predicted molar refractivity (Wildman–Crippen MR) is 88.4 cm³/mol. The van der Waals surface area contributed by atoms with E-state index in [4.69, 9.17) is 0 Å². The van der Waals surface area contributed by atoms with E-state index in [0.717, 1.165) is 18.5 Å². The van der Waals surface area contributed by atoms with Gasteiger partial charge in [-0.15, -0.1) is 0 Å². The molecule has 0 bridgehead atoms. The van der Waals surface area contributed by atoms with Crippen molar-refractivity contribution in [3.05, 3.63) is 30.3 Å². The maximum absolute atomic E-state index is 12.3. The van der Waals surface area contributed by atoms with Gasteiger partial charge in [0.25, 0.3) is 0 Å². The number of hydrogen-bond donors (Lipinski definition) is 1. The molecule has 120 valence electrons. The van der Waals surface area contributed by atoms with Crippen molar-refractivity contribution in [3.8, 4) is 0 Å². The average Bonchev–Trinajstić information content (AvgIpc) is 2.46. The SMILES string of the molecule is CC(C)(C)CC(=O)N1CCC(C(=O)Nc2ccccc2)CC1. The highest BCUT2D eigenvalue weighted by Crippen LogP contribution is 2.24. The molecule has 0 unspecified atom stereocenters. The zero-order chi connectivity index (χ0) is 16.2. The Balaban J connectivity index is 1.82. The first-order valence-corrected chi connectivity index (χ1v) is 7.99. The van der Waals surface area contributed by atoms with Crippen molar-refractivity contribution in [2.45, 2.75) is 40.0 Å². The zero-order valence-electron chi connectivity index (χ0n) is 13.8. The third-order valence-electron chi connectivity index (χ3n) is 3.94. The minimum Gasteiger partial charge on any atom is -0.343 e. The van der Waals surface area contributed by atoms with E-state index in [1.807, 2.05) is 35.2 Å². The van der Waals surface area contributed by atoms with Crippen LogP contribution >= 0.6 is 0 Å². The lowest BCUT2D eigenvalue weighted by Crippen LogP contribution is -2.42. The van der Waals surface area contributed by atoms with Crippen molar-refractivity contribution in [1.29, 1.82) is 0 Å². The Hall–Kier alpha value is -1.84. The molecule has 0 aromatic heterocycles. The number of carbonyl (C=O) groups is 2. The number of benzene rings is 1. The molecule has 0 atom stereocenters. The van der Waals surface area contributed by atoms with Crippen LogP contribution in [-0.2, 0) is 9.59 Å². The summed E-state index contributed by atoms with van der Waals surface area (Å²) in [4.78, 5) is 26.4. The van der Waals surface area contributed by atoms with Gasteiger partial charge in [-0.2, -0.15) is 0 Å². The monoisotopic (exact) mass is 302 g/mol. The van der Waals surface area contributed by atoms with Crippen LogP contribution in [0.1, 0.15) is 40.0 Å². The molecule has 0 saturated carbocycles. The molecule has 1 aromatic rings. The summed E-state index contributed by atoms with van der Waals surface area (Å²) in [6, 6.07) is 9.52. The summed E-state index contributed by atoms with van der Waals surface area (Å²) in [5.41, 5.74) is 0.845. The molecule has 2 rings (SSSR count). The van der Waals surface area contributed by atoms with Crippen molar-refractivity contribution in [2.75, 3.05) is 18.4 Å². The van der Waals surface area contributed by atoms with Crippen LogP contribution in [0.3, 0.4) is 0 Å². The molecule has 22 heavy (non-hydrogen) atoms. The van der Waals surface area contributed by atoms with Gasteiger partial charge in [-0.25, -0.2) is 0 Å². The van der Waals surface area contributed by atoms with Crippen LogP contribution in [0.4, 0.5) is 5.69 Å². The van der Waals surface area contributed by atoms with Crippen molar-refractivity contribution in [3.63, 3.8) is 0 Å². The second kappa shape index (κ2) is 6.95. The molecular formula is C18H26N2O2. The molecule has 1 heterocycles. The van der Waals surface area contributed by atoms with Crippen molar-refractivity contribution in [2.24, 2.45) is 11.3 Å².